The molecule has 0 unspecified atom stereocenters. The van der Waals surface area contributed by atoms with Crippen LogP contribution in [0.4, 0.5) is 8.78 Å². The Balaban J connectivity index is 1.60. The normalized spacial score (nSPS) is 19.8. The van der Waals surface area contributed by atoms with E-state index in [0.29, 0.717) is 17.4 Å². The van der Waals surface area contributed by atoms with Gasteiger partial charge in [0.1, 0.15) is 5.75 Å². The molecule has 29 heavy (non-hydrogen) atoms. The number of halogens is 2. The van der Waals surface area contributed by atoms with E-state index >= 15 is 0 Å². The van der Waals surface area contributed by atoms with Gasteiger partial charge in [0, 0.05) is 0 Å². The molecule has 0 spiro atoms. The van der Waals surface area contributed by atoms with Crippen molar-refractivity contribution in [3.8, 4) is 11.8 Å². The number of nitrogens with zero attached hydrogens (tertiary/aromatic N) is 1. The van der Waals surface area contributed by atoms with Crippen molar-refractivity contribution in [3.63, 3.8) is 0 Å². The smallest absolute Gasteiger partial charge is 0.426 e. The molecule has 0 aromatic heterocycles. The summed E-state index contributed by atoms with van der Waals surface area (Å²) in [6, 6.07) is 14.2. The molecule has 2 aromatic carbocycles. The van der Waals surface area contributed by atoms with Gasteiger partial charge in [0.25, 0.3) is 0 Å². The number of hydrogen-bond acceptors (Lipinski definition) is 2. The molecule has 1 aliphatic rings. The maximum atomic E-state index is 14.5. The lowest BCUT2D eigenvalue weighted by Gasteiger charge is -2.27. The number of nitriles is 1. The highest BCUT2D eigenvalue weighted by Gasteiger charge is 2.34. The van der Waals surface area contributed by atoms with Crippen LogP contribution in [-0.4, -0.2) is 0 Å². The van der Waals surface area contributed by atoms with Gasteiger partial charge in [0.15, 0.2) is 0 Å². The van der Waals surface area contributed by atoms with E-state index in [2.05, 4.69) is 19.1 Å². The molecular weight excluding hydrogens is 368 g/mol. The lowest BCUT2D eigenvalue weighted by Crippen LogP contribution is -2.22. The zero-order chi connectivity index (χ0) is 20.7. The van der Waals surface area contributed by atoms with E-state index in [4.69, 9.17) is 10.00 Å². The zero-order valence-corrected chi connectivity index (χ0v) is 16.8. The van der Waals surface area contributed by atoms with Gasteiger partial charge >= 0.3 is 6.11 Å². The number of rotatable bonds is 7. The summed E-state index contributed by atoms with van der Waals surface area (Å²) in [6.45, 7) is 2.18. The van der Waals surface area contributed by atoms with Gasteiger partial charge in [0.2, 0.25) is 0 Å². The van der Waals surface area contributed by atoms with Gasteiger partial charge in [-0.1, -0.05) is 37.6 Å². The highest BCUT2D eigenvalue weighted by atomic mass is 19.3. The monoisotopic (exact) mass is 395 g/mol. The molecule has 152 valence electrons. The third-order valence-corrected chi connectivity index (χ3v) is 5.58. The Morgan fingerprint density at radius 2 is 1.69 bits per heavy atom. The Labute approximate surface area is 171 Å². The molecular formula is C25H27F2NO. The van der Waals surface area contributed by atoms with Crippen LogP contribution in [0.15, 0.2) is 60.7 Å². The Kier molecular flexibility index (Phi) is 7.04. The fourth-order valence-electron chi connectivity index (χ4n) is 3.85. The van der Waals surface area contributed by atoms with Crippen LogP contribution in [0.25, 0.3) is 0 Å². The van der Waals surface area contributed by atoms with E-state index in [1.807, 2.05) is 18.2 Å². The summed E-state index contributed by atoms with van der Waals surface area (Å²) >= 11 is 0. The highest BCUT2D eigenvalue weighted by Crippen LogP contribution is 2.38. The van der Waals surface area contributed by atoms with Crippen molar-refractivity contribution in [3.05, 3.63) is 77.4 Å². The predicted octanol–water partition coefficient (Wildman–Crippen LogP) is 7.32. The Morgan fingerprint density at radius 1 is 1.03 bits per heavy atom. The first-order valence-electron chi connectivity index (χ1n) is 10.4. The fraction of sp³-hybridized carbons (Fsp3) is 0.400. The molecule has 1 fully saturated rings. The largest absolute Gasteiger partial charge is 0.429 e. The molecule has 0 bridgehead atoms. The SMILES string of the molecule is CCCC=CC1CCC(c2ccc(C(F)(F)Oc3ccc(C#N)cc3)cc2)CC1. The molecule has 3 rings (SSSR count). The van der Waals surface area contributed by atoms with Crippen LogP contribution >= 0.6 is 0 Å². The van der Waals surface area contributed by atoms with Gasteiger partial charge in [-0.15, -0.1) is 0 Å². The summed E-state index contributed by atoms with van der Waals surface area (Å²) in [5, 5.41) is 8.79. The van der Waals surface area contributed by atoms with Gasteiger partial charge in [-0.3, -0.25) is 0 Å². The van der Waals surface area contributed by atoms with Crippen LogP contribution < -0.4 is 4.74 Å². The van der Waals surface area contributed by atoms with Crippen LogP contribution in [0, 0.1) is 17.2 Å². The Morgan fingerprint density at radius 3 is 2.28 bits per heavy atom. The molecule has 4 heteroatoms. The summed E-state index contributed by atoms with van der Waals surface area (Å²) in [6.07, 6.45) is 8.04. The number of ether oxygens (including phenoxy) is 1. The van der Waals surface area contributed by atoms with Gasteiger partial charge in [0.05, 0.1) is 17.2 Å². The van der Waals surface area contributed by atoms with Crippen molar-refractivity contribution in [2.45, 2.75) is 57.5 Å². The van der Waals surface area contributed by atoms with Crippen molar-refractivity contribution in [2.24, 2.45) is 5.92 Å². The zero-order valence-electron chi connectivity index (χ0n) is 16.8. The van der Waals surface area contributed by atoms with Crippen molar-refractivity contribution in [1.82, 2.24) is 0 Å². The van der Waals surface area contributed by atoms with Crippen LogP contribution in [0.2, 0.25) is 0 Å². The fourth-order valence-corrected chi connectivity index (χ4v) is 3.85. The molecule has 0 aliphatic heterocycles. The summed E-state index contributed by atoms with van der Waals surface area (Å²) in [5.41, 5.74) is 1.36. The van der Waals surface area contributed by atoms with E-state index in [1.54, 1.807) is 0 Å². The van der Waals surface area contributed by atoms with Crippen molar-refractivity contribution in [2.75, 3.05) is 0 Å². The Hall–Kier alpha value is -2.67. The van der Waals surface area contributed by atoms with Crippen molar-refractivity contribution < 1.29 is 13.5 Å². The lowest BCUT2D eigenvalue weighted by atomic mass is 9.78. The maximum absolute atomic E-state index is 14.5. The summed E-state index contributed by atoms with van der Waals surface area (Å²) in [7, 11) is 0. The van der Waals surface area contributed by atoms with E-state index < -0.39 is 6.11 Å². The average Bonchev–Trinajstić information content (AvgIpc) is 2.75. The predicted molar refractivity (Wildman–Crippen MR) is 111 cm³/mol. The summed E-state index contributed by atoms with van der Waals surface area (Å²) in [4.78, 5) is 0. The molecule has 1 saturated carbocycles. The number of hydrogen-bond donors (Lipinski definition) is 0. The molecule has 2 aromatic rings. The van der Waals surface area contributed by atoms with E-state index in [0.717, 1.165) is 37.7 Å². The molecule has 1 aliphatic carbocycles. The minimum Gasteiger partial charge on any atom is -0.429 e. The van der Waals surface area contributed by atoms with Gasteiger partial charge in [-0.05, 0) is 85.9 Å². The first-order chi connectivity index (χ1) is 14.0. The standard InChI is InChI=1S/C25H27F2NO/c1-2-3-4-5-19-6-10-21(11-7-19)22-12-14-23(15-13-22)25(26,27)29-24-16-8-20(18-28)9-17-24/h4-5,8-9,12-17,19,21H,2-3,6-7,10-11H2,1H3. The topological polar surface area (TPSA) is 33.0 Å². The van der Waals surface area contributed by atoms with Crippen LogP contribution in [-0.2, 0) is 6.11 Å². The van der Waals surface area contributed by atoms with Gasteiger partial charge in [-0.25, -0.2) is 0 Å². The number of allylic oxidation sites excluding steroid dienone is 2. The molecule has 0 radical (unpaired) electrons. The lowest BCUT2D eigenvalue weighted by molar-refractivity contribution is -0.185. The number of alkyl halides is 2. The number of unbranched alkanes of at least 4 members (excludes halogenated alkanes) is 1. The van der Waals surface area contributed by atoms with Gasteiger partial charge < -0.3 is 4.74 Å². The second kappa shape index (κ2) is 9.69. The third-order valence-electron chi connectivity index (χ3n) is 5.58. The first kappa shape index (κ1) is 21.0. The van der Waals surface area contributed by atoms with E-state index in [-0.39, 0.29) is 11.3 Å². The minimum absolute atomic E-state index is 0.0347. The molecule has 0 amide bonds. The first-order valence-corrected chi connectivity index (χ1v) is 10.4. The molecule has 0 saturated heterocycles. The summed E-state index contributed by atoms with van der Waals surface area (Å²) in [5.74, 6) is 1.13. The molecule has 0 N–H and O–H groups in total. The molecule has 2 nitrogen and oxygen atoms in total. The van der Waals surface area contributed by atoms with E-state index in [1.165, 1.54) is 42.8 Å². The average molecular weight is 395 g/mol. The minimum atomic E-state index is -3.42. The molecule has 0 heterocycles. The van der Waals surface area contributed by atoms with Crippen LogP contribution in [0.1, 0.15) is 68.1 Å². The van der Waals surface area contributed by atoms with Crippen molar-refractivity contribution >= 4 is 0 Å². The third kappa shape index (κ3) is 5.67. The maximum Gasteiger partial charge on any atom is 0.426 e. The van der Waals surface area contributed by atoms with Crippen LogP contribution in [0.5, 0.6) is 5.75 Å². The van der Waals surface area contributed by atoms with Crippen LogP contribution in [0.3, 0.4) is 0 Å². The highest BCUT2D eigenvalue weighted by molar-refractivity contribution is 5.35. The van der Waals surface area contributed by atoms with E-state index in [9.17, 15) is 8.78 Å². The second-order valence-electron chi connectivity index (χ2n) is 7.71. The molecule has 0 atom stereocenters. The summed E-state index contributed by atoms with van der Waals surface area (Å²) < 4.78 is 33.9. The van der Waals surface area contributed by atoms with Gasteiger partial charge in [-0.2, -0.15) is 14.0 Å². The number of benzene rings is 2. The second-order valence-corrected chi connectivity index (χ2v) is 7.71. The Bertz CT molecular complexity index is 842. The van der Waals surface area contributed by atoms with Crippen molar-refractivity contribution in [1.29, 1.82) is 5.26 Å². The quantitative estimate of drug-likeness (QED) is 0.460.